The number of methoxy groups -OCH3 is 1. The second-order valence-electron chi connectivity index (χ2n) is 4.63. The minimum absolute atomic E-state index is 0.456. The fourth-order valence-electron chi connectivity index (χ4n) is 2.10. The molecular weight excluding hydrogens is 224 g/mol. The highest BCUT2D eigenvalue weighted by atomic mass is 16.5. The van der Waals surface area contributed by atoms with Crippen LogP contribution in [0.3, 0.4) is 0 Å². The molecule has 0 saturated carbocycles. The van der Waals surface area contributed by atoms with Crippen molar-refractivity contribution in [2.45, 2.75) is 46.0 Å². The molecule has 0 aromatic carbocycles. The summed E-state index contributed by atoms with van der Waals surface area (Å²) >= 11 is 0. The van der Waals surface area contributed by atoms with Crippen LogP contribution in [0.2, 0.25) is 0 Å². The van der Waals surface area contributed by atoms with E-state index in [2.05, 4.69) is 38.2 Å². The predicted octanol–water partition coefficient (Wildman–Crippen LogP) is 4.59. The number of hydrogen-bond acceptors (Lipinski definition) is 2. The first-order valence-corrected chi connectivity index (χ1v) is 7.03. The van der Waals surface area contributed by atoms with Crippen molar-refractivity contribution in [2.75, 3.05) is 13.7 Å². The van der Waals surface area contributed by atoms with Gasteiger partial charge in [0, 0.05) is 0 Å². The highest BCUT2D eigenvalue weighted by Crippen LogP contribution is 2.24. The molecule has 0 bridgehead atoms. The summed E-state index contributed by atoms with van der Waals surface area (Å²) in [6.07, 6.45) is 14.4. The highest BCUT2D eigenvalue weighted by Gasteiger charge is 2.14. The molecule has 1 rings (SSSR count). The molecule has 0 N–H and O–H groups in total. The summed E-state index contributed by atoms with van der Waals surface area (Å²) in [5.74, 6) is 2.26. The molecular formula is C16H26O2. The van der Waals surface area contributed by atoms with E-state index in [0.717, 1.165) is 37.4 Å². The first-order valence-electron chi connectivity index (χ1n) is 7.03. The van der Waals surface area contributed by atoms with Crippen LogP contribution in [-0.4, -0.2) is 13.7 Å². The van der Waals surface area contributed by atoms with Crippen LogP contribution in [-0.2, 0) is 9.47 Å². The normalized spacial score (nSPS) is 20.3. The van der Waals surface area contributed by atoms with E-state index in [1.54, 1.807) is 7.11 Å². The smallest absolute Gasteiger partial charge is 0.157 e. The maximum Gasteiger partial charge on any atom is 0.157 e. The van der Waals surface area contributed by atoms with Gasteiger partial charge in [0.1, 0.15) is 0 Å². The van der Waals surface area contributed by atoms with Gasteiger partial charge in [-0.05, 0) is 44.3 Å². The van der Waals surface area contributed by atoms with Crippen molar-refractivity contribution in [3.63, 3.8) is 0 Å². The van der Waals surface area contributed by atoms with Crippen LogP contribution in [0, 0.1) is 5.92 Å². The Morgan fingerprint density at radius 1 is 1.33 bits per heavy atom. The van der Waals surface area contributed by atoms with Crippen molar-refractivity contribution in [1.82, 2.24) is 0 Å². The lowest BCUT2D eigenvalue weighted by Crippen LogP contribution is -2.01. The van der Waals surface area contributed by atoms with Gasteiger partial charge in [0.2, 0.25) is 0 Å². The second-order valence-corrected chi connectivity index (χ2v) is 4.63. The standard InChI is InChI=1S/C16H26O2/c1-4-6-7-12-18-15-11-8-10-14(9-5-2)13-16(15)17-3/h5,9,11,13-14H,4,6-8,10,12H2,1-3H3/b9-5+. The molecule has 0 radical (unpaired) electrons. The minimum atomic E-state index is 0.456. The van der Waals surface area contributed by atoms with Crippen molar-refractivity contribution in [3.05, 3.63) is 35.8 Å². The van der Waals surface area contributed by atoms with Gasteiger partial charge < -0.3 is 9.47 Å². The molecule has 1 atom stereocenters. The van der Waals surface area contributed by atoms with E-state index >= 15 is 0 Å². The topological polar surface area (TPSA) is 18.5 Å². The minimum Gasteiger partial charge on any atom is -0.493 e. The van der Waals surface area contributed by atoms with Crippen LogP contribution < -0.4 is 0 Å². The second kappa shape index (κ2) is 8.84. The van der Waals surface area contributed by atoms with E-state index < -0.39 is 0 Å². The van der Waals surface area contributed by atoms with Gasteiger partial charge in [0.15, 0.2) is 11.5 Å². The van der Waals surface area contributed by atoms with Crippen molar-refractivity contribution >= 4 is 0 Å². The molecule has 0 spiro atoms. The Hall–Kier alpha value is -1.18. The van der Waals surface area contributed by atoms with E-state index in [4.69, 9.17) is 9.47 Å². The van der Waals surface area contributed by atoms with Crippen LogP contribution >= 0.6 is 0 Å². The molecule has 1 unspecified atom stereocenters. The van der Waals surface area contributed by atoms with E-state index in [9.17, 15) is 0 Å². The number of hydrogen-bond donors (Lipinski definition) is 0. The SMILES string of the molecule is C/C=C/C1C=C(OC)C(OCCCCC)=CCC1. The number of allylic oxidation sites excluding steroid dienone is 4. The molecule has 0 saturated heterocycles. The molecule has 2 heteroatoms. The lowest BCUT2D eigenvalue weighted by atomic mass is 10.0. The summed E-state index contributed by atoms with van der Waals surface area (Å²) in [6.45, 7) is 5.04. The van der Waals surface area contributed by atoms with E-state index in [-0.39, 0.29) is 0 Å². The van der Waals surface area contributed by atoms with Crippen molar-refractivity contribution < 1.29 is 9.47 Å². The summed E-state index contributed by atoms with van der Waals surface area (Å²) in [7, 11) is 1.72. The van der Waals surface area contributed by atoms with Gasteiger partial charge in [0.05, 0.1) is 13.7 Å². The van der Waals surface area contributed by atoms with Gasteiger partial charge in [-0.25, -0.2) is 0 Å². The van der Waals surface area contributed by atoms with E-state index in [1.807, 2.05) is 0 Å². The maximum absolute atomic E-state index is 5.84. The summed E-state index contributed by atoms with van der Waals surface area (Å²) in [5, 5.41) is 0. The summed E-state index contributed by atoms with van der Waals surface area (Å²) in [6, 6.07) is 0. The molecule has 102 valence electrons. The largest absolute Gasteiger partial charge is 0.493 e. The molecule has 0 heterocycles. The van der Waals surface area contributed by atoms with Crippen molar-refractivity contribution in [1.29, 1.82) is 0 Å². The van der Waals surface area contributed by atoms with Crippen molar-refractivity contribution in [3.8, 4) is 0 Å². The fraction of sp³-hybridized carbons (Fsp3) is 0.625. The molecule has 0 aromatic rings. The molecule has 0 aliphatic heterocycles. The van der Waals surface area contributed by atoms with Crippen LogP contribution in [0.15, 0.2) is 35.8 Å². The van der Waals surface area contributed by atoms with Crippen LogP contribution in [0.25, 0.3) is 0 Å². The maximum atomic E-state index is 5.84. The summed E-state index contributed by atoms with van der Waals surface area (Å²) in [4.78, 5) is 0. The lowest BCUT2D eigenvalue weighted by Gasteiger charge is -2.12. The van der Waals surface area contributed by atoms with Gasteiger partial charge in [-0.1, -0.05) is 31.9 Å². The summed E-state index contributed by atoms with van der Waals surface area (Å²) < 4.78 is 11.3. The molecule has 18 heavy (non-hydrogen) atoms. The highest BCUT2D eigenvalue weighted by molar-refractivity contribution is 5.24. The number of rotatable bonds is 7. The molecule has 1 aliphatic carbocycles. The Labute approximate surface area is 111 Å². The Kier molecular flexibility index (Phi) is 7.31. The van der Waals surface area contributed by atoms with Crippen molar-refractivity contribution in [2.24, 2.45) is 5.92 Å². The van der Waals surface area contributed by atoms with Gasteiger partial charge in [-0.3, -0.25) is 0 Å². The third-order valence-corrected chi connectivity index (χ3v) is 3.10. The zero-order valence-electron chi connectivity index (χ0n) is 11.9. The Bertz CT molecular complexity index is 313. The number of ether oxygens (including phenoxy) is 2. The number of unbranched alkanes of at least 4 members (excludes halogenated alkanes) is 2. The Balaban J connectivity index is 2.58. The molecule has 0 amide bonds. The molecule has 2 nitrogen and oxygen atoms in total. The van der Waals surface area contributed by atoms with Crippen LogP contribution in [0.1, 0.15) is 46.0 Å². The third-order valence-electron chi connectivity index (χ3n) is 3.10. The Morgan fingerprint density at radius 3 is 2.83 bits per heavy atom. The van der Waals surface area contributed by atoms with Crippen LogP contribution in [0.5, 0.6) is 0 Å². The van der Waals surface area contributed by atoms with Gasteiger partial charge >= 0.3 is 0 Å². The average Bonchev–Trinajstić information content (AvgIpc) is 2.57. The zero-order chi connectivity index (χ0) is 13.2. The van der Waals surface area contributed by atoms with Gasteiger partial charge in [-0.15, -0.1) is 0 Å². The first kappa shape index (κ1) is 14.9. The van der Waals surface area contributed by atoms with Gasteiger partial charge in [0.25, 0.3) is 0 Å². The van der Waals surface area contributed by atoms with Gasteiger partial charge in [-0.2, -0.15) is 0 Å². The lowest BCUT2D eigenvalue weighted by molar-refractivity contribution is 0.171. The van der Waals surface area contributed by atoms with Crippen LogP contribution in [0.4, 0.5) is 0 Å². The zero-order valence-corrected chi connectivity index (χ0v) is 11.9. The fourth-order valence-corrected chi connectivity index (χ4v) is 2.10. The third kappa shape index (κ3) is 4.99. The molecule has 0 aromatic heterocycles. The van der Waals surface area contributed by atoms with E-state index in [1.165, 1.54) is 12.8 Å². The Morgan fingerprint density at radius 2 is 2.17 bits per heavy atom. The molecule has 0 fully saturated rings. The predicted molar refractivity (Wildman–Crippen MR) is 76.2 cm³/mol. The average molecular weight is 250 g/mol. The molecule has 1 aliphatic rings. The van der Waals surface area contributed by atoms with E-state index in [0.29, 0.717) is 5.92 Å². The summed E-state index contributed by atoms with van der Waals surface area (Å²) in [5.41, 5.74) is 0. The quantitative estimate of drug-likeness (QED) is 0.486. The monoisotopic (exact) mass is 250 g/mol. The first-order chi connectivity index (χ1) is 8.81.